The Morgan fingerprint density at radius 2 is 0.652 bits per heavy atom. The molecule has 0 amide bonds. The zero-order chi connectivity index (χ0) is 61.0. The number of anilines is 9. The minimum absolute atomic E-state index is 0.0254. The van der Waals surface area contributed by atoms with Crippen LogP contribution in [0.2, 0.25) is 0 Å². The number of carbonyl (C=O) groups excluding carboxylic acids is 4. The Bertz CT molecular complexity index is 4610. The smallest absolute Gasteiger partial charge is 0.197 e. The quantitative estimate of drug-likeness (QED) is 0.0588. The first-order valence-electron chi connectivity index (χ1n) is 28.8. The number of Topliss-reactive ketones (excluding diaryl/α,β-unsaturated/α-hetero) is 4. The summed E-state index contributed by atoms with van der Waals surface area (Å²) in [6.45, 7) is 1.78. The van der Waals surface area contributed by atoms with E-state index >= 15 is 0 Å². The summed E-state index contributed by atoms with van der Waals surface area (Å²) < 4.78 is 5.86. The van der Waals surface area contributed by atoms with Gasteiger partial charge in [-0.15, -0.1) is 0 Å². The summed E-state index contributed by atoms with van der Waals surface area (Å²) in [6, 6.07) is 87.2. The summed E-state index contributed by atoms with van der Waals surface area (Å²) >= 11 is 0. The lowest BCUT2D eigenvalue weighted by Crippen LogP contribution is -2.10. The summed E-state index contributed by atoms with van der Waals surface area (Å²) in [4.78, 5) is 62.5. The fourth-order valence-corrected chi connectivity index (χ4v) is 11.4. The second-order valence-corrected chi connectivity index (χ2v) is 21.4. The lowest BCUT2D eigenvalue weighted by Gasteiger charge is -2.26. The third-order valence-electron chi connectivity index (χ3n) is 15.7. The van der Waals surface area contributed by atoms with E-state index in [4.69, 9.17) is 4.74 Å². The highest BCUT2D eigenvalue weighted by Crippen LogP contribution is 2.41. The first kappa shape index (κ1) is 55.7. The molecule has 1 heterocycles. The number of allylic oxidation sites excluding steroid dienone is 8. The van der Waals surface area contributed by atoms with Gasteiger partial charge in [-0.2, -0.15) is 10.5 Å². The highest BCUT2D eigenvalue weighted by molar-refractivity contribution is 6.45. The van der Waals surface area contributed by atoms with Gasteiger partial charge >= 0.3 is 0 Å². The molecule has 10 aromatic carbocycles. The largest absolute Gasteiger partial charge is 0.462 e. The van der Waals surface area contributed by atoms with E-state index in [2.05, 4.69) is 87.5 Å². The van der Waals surface area contributed by atoms with Crippen LogP contribution in [0.1, 0.15) is 65.0 Å². The van der Waals surface area contributed by atoms with Crippen LogP contribution in [0.4, 0.5) is 51.2 Å². The number of hydrogen-bond donors (Lipinski definition) is 0. The van der Waals surface area contributed by atoms with Crippen LogP contribution in [-0.2, 0) is 4.74 Å². The van der Waals surface area contributed by atoms with Crippen molar-refractivity contribution < 1.29 is 23.9 Å². The van der Waals surface area contributed by atoms with Gasteiger partial charge in [0.1, 0.15) is 29.2 Å². The molecule has 0 aromatic heterocycles. The minimum Gasteiger partial charge on any atom is -0.462 e. The second kappa shape index (κ2) is 24.2. The molecule has 0 N–H and O–H groups in total. The summed E-state index contributed by atoms with van der Waals surface area (Å²) in [5, 5.41) is 18.8. The number of fused-ring (bicyclic) bond motifs is 2. The number of para-hydroxylation sites is 4. The highest BCUT2D eigenvalue weighted by atomic mass is 16.5. The van der Waals surface area contributed by atoms with Crippen molar-refractivity contribution in [3.63, 3.8) is 0 Å². The van der Waals surface area contributed by atoms with Gasteiger partial charge in [-0.25, -0.2) is 0 Å². The van der Waals surface area contributed by atoms with Crippen LogP contribution >= 0.6 is 0 Å². The Kier molecular flexibility index (Phi) is 15.2. The molecule has 0 unspecified atom stereocenters. The van der Waals surface area contributed by atoms with Gasteiger partial charge < -0.3 is 19.4 Å². The normalized spacial score (nSPS) is 13.2. The first-order valence-corrected chi connectivity index (χ1v) is 28.8. The van der Waals surface area contributed by atoms with Crippen LogP contribution in [0.3, 0.4) is 0 Å². The van der Waals surface area contributed by atoms with Gasteiger partial charge in [0, 0.05) is 79.0 Å². The van der Waals surface area contributed by atoms with E-state index in [-0.39, 0.29) is 39.0 Å². The van der Waals surface area contributed by atoms with Crippen molar-refractivity contribution in [3.05, 3.63) is 346 Å². The molecule has 89 heavy (non-hydrogen) atoms. The van der Waals surface area contributed by atoms with Crippen LogP contribution in [0.5, 0.6) is 0 Å². The molecular formula is C79H51N5O5. The number of benzene rings is 10. The fourth-order valence-electron chi connectivity index (χ4n) is 11.4. The SMILES string of the molecule is CC1=CC(=C(C#N)C#N)C=C(C=Cc2ccc(N(c3ccccc3)c3ccc(-c4ccc(N(c5ccccc5)c5ccc(C=C6C(=O)c7cc8c(cc7C6=O)C(=O)C(=Cc6ccc(N(c7ccccc7)c7ccccc7)cc6)C8=O)cc5)cc4)cc3)cc2)O1. The fraction of sp³-hybridized carbons (Fsp3) is 0.0127. The number of nitriles is 2. The topological polar surface area (TPSA) is 135 Å². The molecule has 2 aliphatic carbocycles. The highest BCUT2D eigenvalue weighted by Gasteiger charge is 2.40. The van der Waals surface area contributed by atoms with E-state index in [1.54, 1.807) is 31.2 Å². The number of ketones is 4. The molecular weight excluding hydrogens is 1100 g/mol. The summed E-state index contributed by atoms with van der Waals surface area (Å²) in [7, 11) is 0. The predicted molar refractivity (Wildman–Crippen MR) is 352 cm³/mol. The molecule has 1 aliphatic heterocycles. The van der Waals surface area contributed by atoms with E-state index in [9.17, 15) is 29.7 Å². The summed E-state index contributed by atoms with van der Waals surface area (Å²) in [5.74, 6) is -0.872. The lowest BCUT2D eigenvalue weighted by atomic mass is 10.0. The van der Waals surface area contributed by atoms with Crippen molar-refractivity contribution in [2.75, 3.05) is 14.7 Å². The number of nitrogens with zero attached hydrogens (tertiary/aromatic N) is 5. The number of carbonyl (C=O) groups is 4. The Morgan fingerprint density at radius 1 is 0.360 bits per heavy atom. The molecule has 0 saturated carbocycles. The van der Waals surface area contributed by atoms with E-state index in [0.717, 1.165) is 67.9 Å². The third kappa shape index (κ3) is 11.2. The van der Waals surface area contributed by atoms with Crippen LogP contribution < -0.4 is 14.7 Å². The maximum absolute atomic E-state index is 14.1. The molecule has 422 valence electrons. The van der Waals surface area contributed by atoms with Crippen molar-refractivity contribution in [1.29, 1.82) is 10.5 Å². The van der Waals surface area contributed by atoms with Gasteiger partial charge in [0.15, 0.2) is 23.1 Å². The average molecular weight is 1150 g/mol. The van der Waals surface area contributed by atoms with Gasteiger partial charge in [0.2, 0.25) is 0 Å². The lowest BCUT2D eigenvalue weighted by molar-refractivity contribution is 0.0978. The van der Waals surface area contributed by atoms with Crippen molar-refractivity contribution in [2.45, 2.75) is 6.92 Å². The molecule has 3 aliphatic rings. The number of hydrogen-bond acceptors (Lipinski definition) is 10. The van der Waals surface area contributed by atoms with Crippen molar-refractivity contribution in [2.24, 2.45) is 0 Å². The van der Waals surface area contributed by atoms with Crippen molar-refractivity contribution in [3.8, 4) is 23.3 Å². The molecule has 0 saturated heterocycles. The molecule has 0 spiro atoms. The molecule has 0 radical (unpaired) electrons. The van der Waals surface area contributed by atoms with E-state index in [0.29, 0.717) is 28.2 Å². The van der Waals surface area contributed by atoms with E-state index in [1.165, 1.54) is 12.1 Å². The molecule has 0 fully saturated rings. The minimum atomic E-state index is -0.502. The molecule has 0 bridgehead atoms. The van der Waals surface area contributed by atoms with Crippen LogP contribution in [0.25, 0.3) is 29.4 Å². The van der Waals surface area contributed by atoms with E-state index in [1.807, 2.05) is 194 Å². The summed E-state index contributed by atoms with van der Waals surface area (Å²) in [5.41, 5.74) is 13.6. The van der Waals surface area contributed by atoms with Crippen LogP contribution in [0.15, 0.2) is 307 Å². The number of rotatable bonds is 14. The zero-order valence-corrected chi connectivity index (χ0v) is 48.0. The third-order valence-corrected chi connectivity index (χ3v) is 15.7. The second-order valence-electron chi connectivity index (χ2n) is 21.4. The monoisotopic (exact) mass is 1150 g/mol. The number of ether oxygens (including phenoxy) is 1. The van der Waals surface area contributed by atoms with Gasteiger partial charge in [0.25, 0.3) is 0 Å². The van der Waals surface area contributed by atoms with Crippen molar-refractivity contribution in [1.82, 2.24) is 0 Å². The standard InChI is InChI=1S/C79H51N5O5/c1-52-44-58(59(50-80)51-81)47-69(89-52)43-28-53-22-33-64(34-23-53)83(62-18-10-4-11-19-62)67-39-29-56(30-40-67)57-31-41-68(42-32-57)84(63-20-12-5-13-21-63)66-37-26-55(27-38-66)46-75-78(87)72-48-70-71(49-73(72)79(75)88)77(86)74(76(70)85)45-54-24-35-65(36-25-54)82(60-14-6-2-7-15-60)61-16-8-3-9-17-61/h2-49H,1H3. The van der Waals surface area contributed by atoms with E-state index < -0.39 is 23.1 Å². The molecule has 0 atom stereocenters. The first-order chi connectivity index (χ1) is 43.6. The molecule has 10 heteroatoms. The summed E-state index contributed by atoms with van der Waals surface area (Å²) in [6.07, 6.45) is 10.3. The van der Waals surface area contributed by atoms with Gasteiger partial charge in [-0.3, -0.25) is 19.2 Å². The molecule has 10 nitrogen and oxygen atoms in total. The Morgan fingerprint density at radius 3 is 0.966 bits per heavy atom. The Balaban J connectivity index is 0.705. The Hall–Kier alpha value is -12.5. The maximum atomic E-state index is 14.1. The predicted octanol–water partition coefficient (Wildman–Crippen LogP) is 18.9. The Labute approximate surface area is 515 Å². The van der Waals surface area contributed by atoms with Gasteiger partial charge in [-0.05, 0) is 186 Å². The zero-order valence-electron chi connectivity index (χ0n) is 48.0. The molecule has 10 aromatic rings. The maximum Gasteiger partial charge on any atom is 0.197 e. The van der Waals surface area contributed by atoms with Gasteiger partial charge in [0.05, 0.1) is 11.1 Å². The van der Waals surface area contributed by atoms with Crippen molar-refractivity contribution >= 4 is 92.5 Å². The average Bonchev–Trinajstić information content (AvgIpc) is 1.73. The van der Waals surface area contributed by atoms with Crippen LogP contribution in [-0.4, -0.2) is 23.1 Å². The van der Waals surface area contributed by atoms with Gasteiger partial charge in [-0.1, -0.05) is 140 Å². The van der Waals surface area contributed by atoms with Crippen LogP contribution in [0, 0.1) is 22.7 Å². The molecule has 13 rings (SSSR count).